The summed E-state index contributed by atoms with van der Waals surface area (Å²) in [5.41, 5.74) is 1.30. The number of hydrogen-bond donors (Lipinski definition) is 1. The van der Waals surface area contributed by atoms with Crippen molar-refractivity contribution in [3.63, 3.8) is 0 Å². The third-order valence-corrected chi connectivity index (χ3v) is 4.05. The Morgan fingerprint density at radius 2 is 1.95 bits per heavy atom. The number of aliphatic hydroxyl groups is 1. The van der Waals surface area contributed by atoms with Gasteiger partial charge in [-0.25, -0.2) is 4.79 Å². The number of carbonyl (C=O) groups is 1. The molecule has 0 bridgehead atoms. The quantitative estimate of drug-likeness (QED) is 0.665. The molecule has 1 aromatic rings. The summed E-state index contributed by atoms with van der Waals surface area (Å²) >= 11 is 0. The largest absolute Gasteiger partial charge is 0.463 e. The van der Waals surface area contributed by atoms with E-state index >= 15 is 0 Å². The van der Waals surface area contributed by atoms with Crippen LogP contribution in [0, 0.1) is 5.92 Å². The van der Waals surface area contributed by atoms with Crippen LogP contribution in [0.3, 0.4) is 0 Å². The van der Waals surface area contributed by atoms with Crippen LogP contribution in [0.5, 0.6) is 0 Å². The standard InChI is InChI=1S/C18H24O3/c1-2-21-18(20)16(13-14-9-5-3-6-10-14)17(19)15-11-7-4-8-12-15/h3,5-6,9-10,13,15,17,19H,2,4,7-8,11-12H2,1H3/b16-13-. The lowest BCUT2D eigenvalue weighted by molar-refractivity contribution is -0.140. The van der Waals surface area contributed by atoms with Gasteiger partial charge >= 0.3 is 5.97 Å². The Balaban J connectivity index is 2.22. The Kier molecular flexibility index (Phi) is 6.00. The average molecular weight is 288 g/mol. The van der Waals surface area contributed by atoms with E-state index < -0.39 is 12.1 Å². The van der Waals surface area contributed by atoms with Crippen LogP contribution in [0.25, 0.3) is 6.08 Å². The lowest BCUT2D eigenvalue weighted by Crippen LogP contribution is -2.29. The van der Waals surface area contributed by atoms with Crippen molar-refractivity contribution in [2.24, 2.45) is 5.92 Å². The van der Waals surface area contributed by atoms with Gasteiger partial charge in [0.1, 0.15) is 0 Å². The SMILES string of the molecule is CCOC(=O)/C(=C\c1ccccc1)C(O)C1CCCCC1. The second-order valence-electron chi connectivity index (χ2n) is 5.57. The van der Waals surface area contributed by atoms with Gasteiger partial charge in [-0.1, -0.05) is 49.6 Å². The predicted octanol–water partition coefficient (Wildman–Crippen LogP) is 3.57. The van der Waals surface area contributed by atoms with Gasteiger partial charge < -0.3 is 9.84 Å². The van der Waals surface area contributed by atoms with Crippen LogP contribution in [0.4, 0.5) is 0 Å². The van der Waals surface area contributed by atoms with Gasteiger partial charge in [-0.2, -0.15) is 0 Å². The molecule has 114 valence electrons. The zero-order valence-corrected chi connectivity index (χ0v) is 12.6. The number of aliphatic hydroxyl groups excluding tert-OH is 1. The van der Waals surface area contributed by atoms with Crippen LogP contribution >= 0.6 is 0 Å². The van der Waals surface area contributed by atoms with Crippen molar-refractivity contribution in [3.05, 3.63) is 41.5 Å². The highest BCUT2D eigenvalue weighted by Gasteiger charge is 2.29. The smallest absolute Gasteiger partial charge is 0.336 e. The third-order valence-electron chi connectivity index (χ3n) is 4.05. The molecule has 0 aliphatic heterocycles. The normalized spacial score (nSPS) is 18.3. The molecule has 1 aromatic carbocycles. The van der Waals surface area contributed by atoms with Gasteiger partial charge in [0.05, 0.1) is 18.3 Å². The zero-order chi connectivity index (χ0) is 15.1. The van der Waals surface area contributed by atoms with E-state index in [1.54, 1.807) is 13.0 Å². The summed E-state index contributed by atoms with van der Waals surface area (Å²) in [4.78, 5) is 12.2. The van der Waals surface area contributed by atoms with Crippen LogP contribution in [0.15, 0.2) is 35.9 Å². The number of hydrogen-bond acceptors (Lipinski definition) is 3. The minimum absolute atomic E-state index is 0.165. The molecule has 1 atom stereocenters. The maximum absolute atomic E-state index is 12.2. The molecule has 0 amide bonds. The van der Waals surface area contributed by atoms with E-state index in [0.29, 0.717) is 12.2 Å². The molecule has 1 aliphatic carbocycles. The van der Waals surface area contributed by atoms with E-state index in [1.807, 2.05) is 30.3 Å². The van der Waals surface area contributed by atoms with Crippen molar-refractivity contribution in [1.82, 2.24) is 0 Å². The number of carbonyl (C=O) groups excluding carboxylic acids is 1. The Bertz CT molecular complexity index is 472. The third kappa shape index (κ3) is 4.43. The molecule has 0 spiro atoms. The molecule has 21 heavy (non-hydrogen) atoms. The summed E-state index contributed by atoms with van der Waals surface area (Å²) in [6, 6.07) is 9.61. The highest BCUT2D eigenvalue weighted by Crippen LogP contribution is 2.30. The van der Waals surface area contributed by atoms with Crippen LogP contribution in [0.2, 0.25) is 0 Å². The molecular weight excluding hydrogens is 264 g/mol. The van der Waals surface area contributed by atoms with Gasteiger partial charge in [0.2, 0.25) is 0 Å². The van der Waals surface area contributed by atoms with Gasteiger partial charge in [0.15, 0.2) is 0 Å². The second kappa shape index (κ2) is 7.99. The van der Waals surface area contributed by atoms with Crippen molar-refractivity contribution in [2.45, 2.75) is 45.1 Å². The molecule has 0 saturated heterocycles. The molecule has 2 rings (SSSR count). The summed E-state index contributed by atoms with van der Waals surface area (Å²) in [5, 5.41) is 10.6. The van der Waals surface area contributed by atoms with Crippen molar-refractivity contribution < 1.29 is 14.6 Å². The number of benzene rings is 1. The minimum Gasteiger partial charge on any atom is -0.463 e. The van der Waals surface area contributed by atoms with E-state index in [2.05, 4.69) is 0 Å². The molecule has 0 heterocycles. The maximum Gasteiger partial charge on any atom is 0.336 e. The second-order valence-corrected chi connectivity index (χ2v) is 5.57. The first-order chi connectivity index (χ1) is 10.2. The molecule has 1 aliphatic rings. The molecule has 0 radical (unpaired) electrons. The first-order valence-corrected chi connectivity index (χ1v) is 7.84. The first kappa shape index (κ1) is 15.8. The molecule has 3 nitrogen and oxygen atoms in total. The van der Waals surface area contributed by atoms with Gasteiger partial charge in [-0.15, -0.1) is 0 Å². The fourth-order valence-corrected chi connectivity index (χ4v) is 2.91. The molecule has 3 heteroatoms. The number of esters is 1. The molecule has 1 fully saturated rings. The van der Waals surface area contributed by atoms with E-state index in [0.717, 1.165) is 31.2 Å². The monoisotopic (exact) mass is 288 g/mol. The summed E-state index contributed by atoms with van der Waals surface area (Å²) in [5.74, 6) is -0.238. The summed E-state index contributed by atoms with van der Waals surface area (Å²) in [6.07, 6.45) is 6.47. The lowest BCUT2D eigenvalue weighted by atomic mass is 9.82. The highest BCUT2D eigenvalue weighted by atomic mass is 16.5. The molecule has 1 unspecified atom stereocenters. The Labute approximate surface area is 126 Å². The van der Waals surface area contributed by atoms with Crippen molar-refractivity contribution in [2.75, 3.05) is 6.61 Å². The Morgan fingerprint density at radius 1 is 1.29 bits per heavy atom. The Morgan fingerprint density at radius 3 is 2.57 bits per heavy atom. The highest BCUT2D eigenvalue weighted by molar-refractivity contribution is 5.94. The van der Waals surface area contributed by atoms with Crippen molar-refractivity contribution in [1.29, 1.82) is 0 Å². The van der Waals surface area contributed by atoms with Crippen LogP contribution in [0.1, 0.15) is 44.6 Å². The summed E-state index contributed by atoms with van der Waals surface area (Å²) in [6.45, 7) is 2.10. The summed E-state index contributed by atoms with van der Waals surface area (Å²) in [7, 11) is 0. The molecule has 1 N–H and O–H groups in total. The number of rotatable bonds is 5. The van der Waals surface area contributed by atoms with Crippen LogP contribution in [-0.2, 0) is 9.53 Å². The van der Waals surface area contributed by atoms with Crippen LogP contribution < -0.4 is 0 Å². The van der Waals surface area contributed by atoms with E-state index in [4.69, 9.17) is 4.74 Å². The van der Waals surface area contributed by atoms with E-state index in [1.165, 1.54) is 6.42 Å². The predicted molar refractivity (Wildman–Crippen MR) is 83.6 cm³/mol. The summed E-state index contributed by atoms with van der Waals surface area (Å²) < 4.78 is 5.12. The van der Waals surface area contributed by atoms with E-state index in [9.17, 15) is 9.90 Å². The zero-order valence-electron chi connectivity index (χ0n) is 12.6. The van der Waals surface area contributed by atoms with Gasteiger partial charge in [0.25, 0.3) is 0 Å². The average Bonchev–Trinajstić information content (AvgIpc) is 2.54. The minimum atomic E-state index is -0.732. The van der Waals surface area contributed by atoms with E-state index in [-0.39, 0.29) is 5.92 Å². The fraction of sp³-hybridized carbons (Fsp3) is 0.500. The lowest BCUT2D eigenvalue weighted by Gasteiger charge is -2.27. The molecule has 0 aromatic heterocycles. The van der Waals surface area contributed by atoms with Crippen molar-refractivity contribution in [3.8, 4) is 0 Å². The van der Waals surface area contributed by atoms with Gasteiger partial charge in [0, 0.05) is 0 Å². The first-order valence-electron chi connectivity index (χ1n) is 7.84. The molecular formula is C18H24O3. The van der Waals surface area contributed by atoms with Gasteiger partial charge in [-0.3, -0.25) is 0 Å². The topological polar surface area (TPSA) is 46.5 Å². The van der Waals surface area contributed by atoms with Crippen LogP contribution in [-0.4, -0.2) is 23.8 Å². The number of ether oxygens (including phenoxy) is 1. The van der Waals surface area contributed by atoms with Crippen molar-refractivity contribution >= 4 is 12.0 Å². The molecule has 1 saturated carbocycles. The van der Waals surface area contributed by atoms with Gasteiger partial charge in [-0.05, 0) is 37.3 Å². The maximum atomic E-state index is 12.2. The fourth-order valence-electron chi connectivity index (χ4n) is 2.91. The Hall–Kier alpha value is -1.61.